The highest BCUT2D eigenvalue weighted by molar-refractivity contribution is 9.10. The van der Waals surface area contributed by atoms with E-state index in [2.05, 4.69) is 35.1 Å². The average molecular weight is 338 g/mol. The van der Waals surface area contributed by atoms with E-state index < -0.39 is 0 Å². The Labute approximate surface area is 128 Å². The van der Waals surface area contributed by atoms with Gasteiger partial charge in [0.15, 0.2) is 0 Å². The highest BCUT2D eigenvalue weighted by atomic mass is 79.9. The molecule has 0 saturated carbocycles. The van der Waals surface area contributed by atoms with Crippen LogP contribution in [-0.2, 0) is 13.2 Å². The molecule has 0 radical (unpaired) electrons. The predicted molar refractivity (Wildman–Crippen MR) is 83.9 cm³/mol. The van der Waals surface area contributed by atoms with Crippen LogP contribution in [0, 0.1) is 6.92 Å². The van der Waals surface area contributed by atoms with Crippen molar-refractivity contribution in [2.45, 2.75) is 33.4 Å². The van der Waals surface area contributed by atoms with Gasteiger partial charge in [-0.25, -0.2) is 0 Å². The second-order valence-electron chi connectivity index (χ2n) is 4.75. The molecule has 0 saturated heterocycles. The van der Waals surface area contributed by atoms with Crippen molar-refractivity contribution < 1.29 is 9.15 Å². The van der Waals surface area contributed by atoms with Crippen LogP contribution in [0.25, 0.3) is 0 Å². The van der Waals surface area contributed by atoms with Gasteiger partial charge in [0.25, 0.3) is 0 Å². The average Bonchev–Trinajstić information content (AvgIpc) is 2.88. The molecule has 0 atom stereocenters. The molecular weight excluding hydrogens is 318 g/mol. The number of rotatable bonds is 7. The zero-order valence-electron chi connectivity index (χ0n) is 11.9. The molecule has 2 rings (SSSR count). The predicted octanol–water partition coefficient (Wildman–Crippen LogP) is 4.43. The molecule has 0 aliphatic rings. The molecule has 1 N–H and O–H groups in total. The van der Waals surface area contributed by atoms with Crippen LogP contribution in [0.15, 0.2) is 39.4 Å². The Morgan fingerprint density at radius 2 is 2.15 bits per heavy atom. The zero-order valence-corrected chi connectivity index (χ0v) is 13.5. The number of halogens is 1. The molecule has 1 aromatic heterocycles. The van der Waals surface area contributed by atoms with Gasteiger partial charge in [-0.1, -0.05) is 22.9 Å². The molecule has 0 aliphatic carbocycles. The minimum Gasteiger partial charge on any atom is -0.489 e. The fourth-order valence-electron chi connectivity index (χ4n) is 1.90. The third-order valence-corrected chi connectivity index (χ3v) is 3.96. The topological polar surface area (TPSA) is 34.4 Å². The van der Waals surface area contributed by atoms with Gasteiger partial charge in [0.2, 0.25) is 0 Å². The summed E-state index contributed by atoms with van der Waals surface area (Å²) < 4.78 is 12.4. The standard InChI is InChI=1S/C16H20BrNO2/c1-3-7-18-10-16-13(6-8-19-16)11-20-14-4-5-15(17)12(2)9-14/h4-6,8-9,18H,3,7,10-11H2,1-2H3. The Bertz CT molecular complexity index is 551. The maximum atomic E-state index is 5.82. The number of aryl methyl sites for hydroxylation is 1. The third-order valence-electron chi connectivity index (χ3n) is 3.07. The first kappa shape index (κ1) is 15.1. The molecule has 108 valence electrons. The fourth-order valence-corrected chi connectivity index (χ4v) is 2.14. The summed E-state index contributed by atoms with van der Waals surface area (Å²) in [7, 11) is 0. The number of furan rings is 1. The van der Waals surface area contributed by atoms with Gasteiger partial charge in [-0.3, -0.25) is 0 Å². The molecule has 1 aromatic carbocycles. The summed E-state index contributed by atoms with van der Waals surface area (Å²) in [5.74, 6) is 1.83. The summed E-state index contributed by atoms with van der Waals surface area (Å²) in [5.41, 5.74) is 2.26. The number of benzene rings is 1. The van der Waals surface area contributed by atoms with Gasteiger partial charge >= 0.3 is 0 Å². The normalized spacial score (nSPS) is 10.8. The molecule has 0 bridgehead atoms. The van der Waals surface area contributed by atoms with E-state index in [4.69, 9.17) is 9.15 Å². The van der Waals surface area contributed by atoms with Crippen molar-refractivity contribution >= 4 is 15.9 Å². The van der Waals surface area contributed by atoms with E-state index in [9.17, 15) is 0 Å². The lowest BCUT2D eigenvalue weighted by molar-refractivity contribution is 0.301. The Kier molecular flexibility index (Phi) is 5.68. The van der Waals surface area contributed by atoms with E-state index in [1.807, 2.05) is 24.3 Å². The van der Waals surface area contributed by atoms with Gasteiger partial charge < -0.3 is 14.5 Å². The van der Waals surface area contributed by atoms with Gasteiger partial charge in [-0.05, 0) is 49.7 Å². The summed E-state index contributed by atoms with van der Waals surface area (Å²) in [5, 5.41) is 3.34. The third kappa shape index (κ3) is 4.12. The molecule has 0 aliphatic heterocycles. The second-order valence-corrected chi connectivity index (χ2v) is 5.60. The lowest BCUT2D eigenvalue weighted by atomic mass is 10.2. The molecule has 0 spiro atoms. The van der Waals surface area contributed by atoms with Crippen LogP contribution in [0.2, 0.25) is 0 Å². The van der Waals surface area contributed by atoms with E-state index in [1.165, 1.54) is 5.56 Å². The van der Waals surface area contributed by atoms with Crippen molar-refractivity contribution in [2.24, 2.45) is 0 Å². The maximum Gasteiger partial charge on any atom is 0.124 e. The van der Waals surface area contributed by atoms with E-state index in [0.29, 0.717) is 6.61 Å². The zero-order chi connectivity index (χ0) is 14.4. The first-order valence-electron chi connectivity index (χ1n) is 6.85. The van der Waals surface area contributed by atoms with Crippen LogP contribution < -0.4 is 10.1 Å². The van der Waals surface area contributed by atoms with Gasteiger partial charge in [0.1, 0.15) is 18.1 Å². The number of hydrogen-bond acceptors (Lipinski definition) is 3. The van der Waals surface area contributed by atoms with E-state index >= 15 is 0 Å². The highest BCUT2D eigenvalue weighted by Gasteiger charge is 2.07. The minimum atomic E-state index is 0.528. The molecular formula is C16H20BrNO2. The molecule has 0 fully saturated rings. The van der Waals surface area contributed by atoms with Crippen molar-refractivity contribution in [3.63, 3.8) is 0 Å². The van der Waals surface area contributed by atoms with Gasteiger partial charge in [-0.2, -0.15) is 0 Å². The smallest absolute Gasteiger partial charge is 0.124 e. The van der Waals surface area contributed by atoms with Gasteiger partial charge in [-0.15, -0.1) is 0 Å². The van der Waals surface area contributed by atoms with Crippen LogP contribution in [0.4, 0.5) is 0 Å². The van der Waals surface area contributed by atoms with Crippen LogP contribution >= 0.6 is 15.9 Å². The van der Waals surface area contributed by atoms with E-state index in [-0.39, 0.29) is 0 Å². The second kappa shape index (κ2) is 7.50. The summed E-state index contributed by atoms with van der Waals surface area (Å²) in [4.78, 5) is 0. The van der Waals surface area contributed by atoms with Gasteiger partial charge in [0.05, 0.1) is 12.8 Å². The minimum absolute atomic E-state index is 0.528. The molecule has 0 unspecified atom stereocenters. The number of ether oxygens (including phenoxy) is 1. The molecule has 20 heavy (non-hydrogen) atoms. The summed E-state index contributed by atoms with van der Waals surface area (Å²) >= 11 is 3.49. The molecule has 1 heterocycles. The van der Waals surface area contributed by atoms with Crippen molar-refractivity contribution in [1.82, 2.24) is 5.32 Å². The highest BCUT2D eigenvalue weighted by Crippen LogP contribution is 2.23. The molecule has 4 heteroatoms. The first-order chi connectivity index (χ1) is 9.70. The van der Waals surface area contributed by atoms with E-state index in [0.717, 1.165) is 41.1 Å². The summed E-state index contributed by atoms with van der Waals surface area (Å²) in [6, 6.07) is 7.96. The van der Waals surface area contributed by atoms with Crippen molar-refractivity contribution in [2.75, 3.05) is 6.54 Å². The quantitative estimate of drug-likeness (QED) is 0.759. The monoisotopic (exact) mass is 337 g/mol. The largest absolute Gasteiger partial charge is 0.489 e. The van der Waals surface area contributed by atoms with E-state index in [1.54, 1.807) is 6.26 Å². The number of hydrogen-bond donors (Lipinski definition) is 1. The first-order valence-corrected chi connectivity index (χ1v) is 7.65. The SMILES string of the molecule is CCCNCc1occc1COc1ccc(Br)c(C)c1. The van der Waals surface area contributed by atoms with Crippen molar-refractivity contribution in [3.05, 3.63) is 51.9 Å². The number of nitrogens with one attached hydrogen (secondary N) is 1. The lowest BCUT2D eigenvalue weighted by Crippen LogP contribution is -2.14. The molecule has 2 aromatic rings. The Morgan fingerprint density at radius 1 is 1.30 bits per heavy atom. The van der Waals surface area contributed by atoms with Crippen molar-refractivity contribution in [3.8, 4) is 5.75 Å². The summed E-state index contributed by atoms with van der Waals surface area (Å²) in [6.45, 7) is 6.47. The Hall–Kier alpha value is -1.26. The molecule has 3 nitrogen and oxygen atoms in total. The summed E-state index contributed by atoms with van der Waals surface area (Å²) in [6.07, 6.45) is 2.83. The Balaban J connectivity index is 1.93. The van der Waals surface area contributed by atoms with Crippen LogP contribution in [0.1, 0.15) is 30.2 Å². The van der Waals surface area contributed by atoms with Crippen LogP contribution in [0.5, 0.6) is 5.75 Å². The molecule has 0 amide bonds. The van der Waals surface area contributed by atoms with Crippen molar-refractivity contribution in [1.29, 1.82) is 0 Å². The van der Waals surface area contributed by atoms with Crippen LogP contribution in [0.3, 0.4) is 0 Å². The fraction of sp³-hybridized carbons (Fsp3) is 0.375. The maximum absolute atomic E-state index is 5.82. The van der Waals surface area contributed by atoms with Gasteiger partial charge in [0, 0.05) is 10.0 Å². The van der Waals surface area contributed by atoms with Crippen LogP contribution in [-0.4, -0.2) is 6.54 Å². The Morgan fingerprint density at radius 3 is 2.90 bits per heavy atom. The lowest BCUT2D eigenvalue weighted by Gasteiger charge is -2.08.